The lowest BCUT2D eigenvalue weighted by Gasteiger charge is -2.25. The monoisotopic (exact) mass is 507 g/mol. The van der Waals surface area contributed by atoms with Gasteiger partial charge >= 0.3 is 0 Å². The van der Waals surface area contributed by atoms with E-state index in [9.17, 15) is 0 Å². The number of aromatic nitrogens is 3. The highest BCUT2D eigenvalue weighted by Crippen LogP contribution is 2.29. The number of nitrogens with zero attached hydrogens (tertiary/aromatic N) is 5. The summed E-state index contributed by atoms with van der Waals surface area (Å²) in [5.74, 6) is -0.143. The van der Waals surface area contributed by atoms with Crippen LogP contribution < -0.4 is 0 Å². The molecule has 0 saturated carbocycles. The van der Waals surface area contributed by atoms with E-state index in [0.29, 0.717) is 13.1 Å². The molecular weight excluding hydrogens is 473 g/mol. The van der Waals surface area contributed by atoms with E-state index in [1.165, 1.54) is 27.7 Å². The largest absolute Gasteiger partial charge is 0.339 e. The third kappa shape index (κ3) is 5.28. The van der Waals surface area contributed by atoms with Crippen molar-refractivity contribution < 1.29 is 4.39 Å². The first-order valence-corrected chi connectivity index (χ1v) is 13.4. The first-order valence-electron chi connectivity index (χ1n) is 13.4. The maximum atomic E-state index is 15.1. The molecule has 3 aromatic carbocycles. The Hall–Kier alpha value is -3.74. The molecule has 4 bridgehead atoms. The summed E-state index contributed by atoms with van der Waals surface area (Å²) in [5, 5.41) is 5.60. The quantitative estimate of drug-likeness (QED) is 0.299. The minimum absolute atomic E-state index is 0.143. The number of rotatable bonds is 2. The average Bonchev–Trinajstić information content (AvgIpc) is 3.50. The van der Waals surface area contributed by atoms with Crippen molar-refractivity contribution >= 4 is 10.9 Å². The van der Waals surface area contributed by atoms with Gasteiger partial charge in [-0.2, -0.15) is 5.10 Å². The molecule has 0 spiro atoms. The number of fused-ring (bicyclic) bond motifs is 8. The number of likely N-dealkylation sites (N-methyl/N-ethyl adjacent to an activating group) is 1. The molecule has 1 aliphatic rings. The van der Waals surface area contributed by atoms with Gasteiger partial charge in [-0.05, 0) is 54.4 Å². The molecule has 194 valence electrons. The van der Waals surface area contributed by atoms with Crippen LogP contribution in [0.3, 0.4) is 0 Å². The Labute approximate surface area is 223 Å². The number of aryl methyl sites for hydroxylation is 1. The zero-order valence-electron chi connectivity index (χ0n) is 22.1. The predicted molar refractivity (Wildman–Crippen MR) is 151 cm³/mol. The first kappa shape index (κ1) is 24.6. The summed E-state index contributed by atoms with van der Waals surface area (Å²) in [6.45, 7) is 4.57. The molecule has 0 radical (unpaired) electrons. The third-order valence-electron chi connectivity index (χ3n) is 7.58. The molecule has 1 aliphatic heterocycles. The third-order valence-corrected chi connectivity index (χ3v) is 7.58. The van der Waals surface area contributed by atoms with Gasteiger partial charge in [0.2, 0.25) is 0 Å². The second kappa shape index (κ2) is 10.6. The van der Waals surface area contributed by atoms with Crippen LogP contribution in [0.2, 0.25) is 0 Å². The maximum absolute atomic E-state index is 15.1. The molecule has 0 unspecified atom stereocenters. The van der Waals surface area contributed by atoms with E-state index in [2.05, 4.69) is 81.1 Å². The fourth-order valence-electron chi connectivity index (χ4n) is 5.64. The predicted octanol–water partition coefficient (Wildman–Crippen LogP) is 5.87. The van der Waals surface area contributed by atoms with Gasteiger partial charge in [0.05, 0.1) is 6.20 Å². The highest BCUT2D eigenvalue weighted by atomic mass is 19.1. The van der Waals surface area contributed by atoms with Gasteiger partial charge in [-0.15, -0.1) is 0 Å². The fourth-order valence-corrected chi connectivity index (χ4v) is 5.64. The van der Waals surface area contributed by atoms with Crippen LogP contribution in [-0.4, -0.2) is 44.3 Å². The van der Waals surface area contributed by atoms with Crippen molar-refractivity contribution in [1.29, 1.82) is 0 Å². The second-order valence-corrected chi connectivity index (χ2v) is 10.6. The van der Waals surface area contributed by atoms with Gasteiger partial charge in [0.25, 0.3) is 0 Å². The van der Waals surface area contributed by atoms with Crippen molar-refractivity contribution in [1.82, 2.24) is 24.1 Å². The van der Waals surface area contributed by atoms with E-state index in [-0.39, 0.29) is 5.82 Å². The summed E-state index contributed by atoms with van der Waals surface area (Å²) in [5.41, 5.74) is 8.04. The van der Waals surface area contributed by atoms with E-state index >= 15 is 4.39 Å². The topological polar surface area (TPSA) is 29.2 Å². The van der Waals surface area contributed by atoms with Crippen LogP contribution in [0.5, 0.6) is 0 Å². The highest BCUT2D eigenvalue weighted by molar-refractivity contribution is 5.87. The smallest absolute Gasteiger partial charge is 0.127 e. The van der Waals surface area contributed by atoms with Crippen LogP contribution in [0.25, 0.3) is 22.2 Å². The van der Waals surface area contributed by atoms with Crippen LogP contribution >= 0.6 is 0 Å². The Morgan fingerprint density at radius 3 is 2.61 bits per heavy atom. The molecule has 0 saturated heterocycles. The van der Waals surface area contributed by atoms with Crippen LogP contribution in [0, 0.1) is 5.82 Å². The van der Waals surface area contributed by atoms with E-state index < -0.39 is 0 Å². The summed E-state index contributed by atoms with van der Waals surface area (Å²) in [7, 11) is 4.08. The molecule has 3 heterocycles. The van der Waals surface area contributed by atoms with Crippen molar-refractivity contribution in [3.63, 3.8) is 0 Å². The Kier molecular flexibility index (Phi) is 6.83. The van der Waals surface area contributed by atoms with Crippen molar-refractivity contribution in [2.75, 3.05) is 20.1 Å². The Balaban J connectivity index is 1.43. The minimum atomic E-state index is -0.143. The van der Waals surface area contributed by atoms with Crippen LogP contribution in [0.4, 0.5) is 4.39 Å². The zero-order valence-corrected chi connectivity index (χ0v) is 22.1. The van der Waals surface area contributed by atoms with E-state index in [4.69, 9.17) is 0 Å². The summed E-state index contributed by atoms with van der Waals surface area (Å²) < 4.78 is 19.3. The molecule has 2 aromatic heterocycles. The van der Waals surface area contributed by atoms with Crippen molar-refractivity contribution in [2.45, 2.75) is 32.6 Å². The minimum Gasteiger partial charge on any atom is -0.339 e. The molecule has 0 fully saturated rings. The number of halogens is 1. The van der Waals surface area contributed by atoms with Gasteiger partial charge in [-0.25, -0.2) is 4.39 Å². The average molecular weight is 508 g/mol. The standard InChI is InChI=1S/C32H34FN5/c1-35-13-12-24-6-5-8-27(16-24)32-18-28-7-3-4-9-31(28)38(32)15-14-37(22-26-19-34-36(2)21-26)23-29-17-25(20-35)10-11-30(29)33/h3-11,16-19,21H,12-15,20,22-23H2,1-2H3. The molecule has 6 heteroatoms. The van der Waals surface area contributed by atoms with Gasteiger partial charge in [0.1, 0.15) is 5.82 Å². The lowest BCUT2D eigenvalue weighted by atomic mass is 10.0. The lowest BCUT2D eigenvalue weighted by molar-refractivity contribution is 0.244. The summed E-state index contributed by atoms with van der Waals surface area (Å²) in [6, 6.07) is 25.4. The van der Waals surface area contributed by atoms with Gasteiger partial charge in [0.15, 0.2) is 0 Å². The highest BCUT2D eigenvalue weighted by Gasteiger charge is 2.17. The summed E-state index contributed by atoms with van der Waals surface area (Å²) >= 11 is 0. The van der Waals surface area contributed by atoms with Crippen LogP contribution in [0.1, 0.15) is 22.3 Å². The zero-order chi connectivity index (χ0) is 26.1. The van der Waals surface area contributed by atoms with Gasteiger partial charge < -0.3 is 9.47 Å². The molecule has 0 amide bonds. The van der Waals surface area contributed by atoms with Crippen LogP contribution in [0.15, 0.2) is 85.2 Å². The fraction of sp³-hybridized carbons (Fsp3) is 0.281. The number of hydrogen-bond acceptors (Lipinski definition) is 3. The Bertz CT molecular complexity index is 1570. The lowest BCUT2D eigenvalue weighted by Crippen LogP contribution is -2.28. The maximum Gasteiger partial charge on any atom is 0.127 e. The Morgan fingerprint density at radius 1 is 0.842 bits per heavy atom. The molecule has 0 atom stereocenters. The molecule has 5 aromatic rings. The molecule has 5 nitrogen and oxygen atoms in total. The van der Waals surface area contributed by atoms with Crippen LogP contribution in [-0.2, 0) is 39.6 Å². The van der Waals surface area contributed by atoms with E-state index in [1.807, 2.05) is 36.3 Å². The summed E-state index contributed by atoms with van der Waals surface area (Å²) in [6.07, 6.45) is 4.92. The Morgan fingerprint density at radius 2 is 1.74 bits per heavy atom. The molecule has 38 heavy (non-hydrogen) atoms. The van der Waals surface area contributed by atoms with E-state index in [1.54, 1.807) is 6.07 Å². The molecule has 6 rings (SSSR count). The van der Waals surface area contributed by atoms with Crippen molar-refractivity contribution in [2.24, 2.45) is 7.05 Å². The molecule has 0 N–H and O–H groups in total. The van der Waals surface area contributed by atoms with Crippen molar-refractivity contribution in [3.8, 4) is 11.3 Å². The number of para-hydroxylation sites is 1. The normalized spacial score (nSPS) is 15.6. The summed E-state index contributed by atoms with van der Waals surface area (Å²) in [4.78, 5) is 4.66. The molecule has 0 aliphatic carbocycles. The van der Waals surface area contributed by atoms with E-state index in [0.717, 1.165) is 49.3 Å². The van der Waals surface area contributed by atoms with Gasteiger partial charge in [-0.3, -0.25) is 9.58 Å². The molecular formula is C32H34FN5. The number of hydrogen-bond donors (Lipinski definition) is 0. The van der Waals surface area contributed by atoms with Gasteiger partial charge in [-0.1, -0.05) is 48.5 Å². The van der Waals surface area contributed by atoms with Gasteiger partial charge in [0, 0.05) is 80.2 Å². The second-order valence-electron chi connectivity index (χ2n) is 10.6. The number of benzene rings is 3. The van der Waals surface area contributed by atoms with Crippen molar-refractivity contribution in [3.05, 3.63) is 113 Å². The first-order chi connectivity index (χ1) is 18.5. The SMILES string of the molecule is CN1CCc2cccc(c2)-c2cc3ccccc3n2CCN(Cc2cnn(C)c2)Cc2cc(ccc2F)C1.